The predicted molar refractivity (Wildman–Crippen MR) is 70.5 cm³/mol. The number of nitrogens with one attached hydrogen (secondary N) is 1. The number of aromatic nitrogens is 3. The molecule has 0 spiro atoms. The average Bonchev–Trinajstić information content (AvgIpc) is 2.68. The molecule has 6 nitrogen and oxygen atoms in total. The second kappa shape index (κ2) is 4.56. The van der Waals surface area contributed by atoms with Crippen molar-refractivity contribution < 1.29 is 9.53 Å². The monoisotopic (exact) mass is 312 g/mol. The van der Waals surface area contributed by atoms with Crippen molar-refractivity contribution >= 4 is 33.4 Å². The molecule has 18 heavy (non-hydrogen) atoms. The van der Waals surface area contributed by atoms with E-state index in [-0.39, 0.29) is 0 Å². The number of nitrogens with zero attached hydrogens (tertiary/aromatic N) is 3. The van der Waals surface area contributed by atoms with Crippen LogP contribution >= 0.6 is 15.9 Å². The van der Waals surface area contributed by atoms with E-state index < -0.39 is 11.7 Å². The maximum absolute atomic E-state index is 11.6. The Kier molecular flexibility index (Phi) is 3.25. The molecule has 1 amide bonds. The van der Waals surface area contributed by atoms with Gasteiger partial charge in [-0.3, -0.25) is 5.32 Å². The minimum absolute atomic E-state index is 0.517. The van der Waals surface area contributed by atoms with Gasteiger partial charge in [-0.15, -0.1) is 0 Å². The van der Waals surface area contributed by atoms with Gasteiger partial charge >= 0.3 is 6.09 Å². The van der Waals surface area contributed by atoms with Crippen LogP contribution in [0.15, 0.2) is 23.1 Å². The molecular weight excluding hydrogens is 300 g/mol. The summed E-state index contributed by atoms with van der Waals surface area (Å²) in [5.74, 6) is 0. The highest BCUT2D eigenvalue weighted by Crippen LogP contribution is 2.25. The van der Waals surface area contributed by atoms with E-state index in [4.69, 9.17) is 4.74 Å². The summed E-state index contributed by atoms with van der Waals surface area (Å²) >= 11 is 3.38. The zero-order valence-corrected chi connectivity index (χ0v) is 11.9. The number of rotatable bonds is 1. The molecule has 0 unspecified atom stereocenters. The number of imidazole rings is 1. The van der Waals surface area contributed by atoms with E-state index in [1.165, 1.54) is 6.20 Å². The average molecular weight is 313 g/mol. The lowest BCUT2D eigenvalue weighted by molar-refractivity contribution is 0.0636. The first-order chi connectivity index (χ1) is 8.37. The highest BCUT2D eigenvalue weighted by molar-refractivity contribution is 9.10. The minimum Gasteiger partial charge on any atom is -0.444 e. The number of ether oxygens (including phenoxy) is 1. The third-order valence-electron chi connectivity index (χ3n) is 2.00. The van der Waals surface area contributed by atoms with Gasteiger partial charge in [0.2, 0.25) is 0 Å². The molecule has 0 aromatic carbocycles. The van der Waals surface area contributed by atoms with Crippen molar-refractivity contribution in [2.24, 2.45) is 0 Å². The topological polar surface area (TPSA) is 68.5 Å². The SMILES string of the molecule is CC(C)(C)OC(=O)Nc1cnn2ccnc2c1Br. The Hall–Kier alpha value is -1.63. The summed E-state index contributed by atoms with van der Waals surface area (Å²) in [6, 6.07) is 0. The normalized spacial score (nSPS) is 11.6. The highest BCUT2D eigenvalue weighted by Gasteiger charge is 2.18. The molecule has 2 aromatic heterocycles. The number of carbonyl (C=O) groups is 1. The molecule has 0 saturated heterocycles. The lowest BCUT2D eigenvalue weighted by Crippen LogP contribution is -2.27. The van der Waals surface area contributed by atoms with Gasteiger partial charge in [-0.1, -0.05) is 0 Å². The lowest BCUT2D eigenvalue weighted by Gasteiger charge is -2.19. The molecule has 0 atom stereocenters. The number of carbonyl (C=O) groups excluding carboxylic acids is 1. The highest BCUT2D eigenvalue weighted by atomic mass is 79.9. The smallest absolute Gasteiger partial charge is 0.412 e. The van der Waals surface area contributed by atoms with Crippen molar-refractivity contribution in [3.63, 3.8) is 0 Å². The van der Waals surface area contributed by atoms with Crippen LogP contribution in [0.5, 0.6) is 0 Å². The number of fused-ring (bicyclic) bond motifs is 1. The Morgan fingerprint density at radius 1 is 1.50 bits per heavy atom. The van der Waals surface area contributed by atoms with Crippen molar-refractivity contribution in [1.82, 2.24) is 14.6 Å². The van der Waals surface area contributed by atoms with Crippen molar-refractivity contribution in [3.8, 4) is 0 Å². The molecule has 0 aliphatic carbocycles. The fourth-order valence-corrected chi connectivity index (χ4v) is 1.83. The number of hydrogen-bond donors (Lipinski definition) is 1. The van der Waals surface area contributed by atoms with E-state index >= 15 is 0 Å². The molecule has 2 aromatic rings. The molecule has 0 bridgehead atoms. The Bertz CT molecular complexity index is 588. The van der Waals surface area contributed by atoms with Gasteiger partial charge < -0.3 is 4.74 Å². The van der Waals surface area contributed by atoms with Gasteiger partial charge in [0.25, 0.3) is 0 Å². The van der Waals surface area contributed by atoms with Crippen LogP contribution in [0, 0.1) is 0 Å². The molecule has 7 heteroatoms. The molecule has 0 radical (unpaired) electrons. The van der Waals surface area contributed by atoms with Crippen LogP contribution in [0.2, 0.25) is 0 Å². The number of anilines is 1. The summed E-state index contributed by atoms with van der Waals surface area (Å²) in [7, 11) is 0. The fourth-order valence-electron chi connectivity index (χ4n) is 1.35. The number of halogens is 1. The molecule has 0 saturated carbocycles. The second-order valence-electron chi connectivity index (χ2n) is 4.69. The first kappa shape index (κ1) is 12.8. The van der Waals surface area contributed by atoms with Gasteiger partial charge in [0.05, 0.1) is 16.4 Å². The molecule has 2 heterocycles. The first-order valence-electron chi connectivity index (χ1n) is 5.35. The Balaban J connectivity index is 2.21. The Morgan fingerprint density at radius 3 is 2.89 bits per heavy atom. The number of hydrogen-bond acceptors (Lipinski definition) is 4. The standard InChI is InChI=1S/C11H13BrN4O2/c1-11(2,3)18-10(17)15-7-6-14-16-5-4-13-9(16)8(7)12/h4-6H,1-3H3,(H,15,17). The summed E-state index contributed by atoms with van der Waals surface area (Å²) in [5, 5.41) is 6.73. The summed E-state index contributed by atoms with van der Waals surface area (Å²) < 4.78 is 7.43. The third-order valence-corrected chi connectivity index (χ3v) is 2.78. The zero-order valence-electron chi connectivity index (χ0n) is 10.3. The Morgan fingerprint density at radius 2 is 2.22 bits per heavy atom. The largest absolute Gasteiger partial charge is 0.444 e. The van der Waals surface area contributed by atoms with E-state index in [0.717, 1.165) is 0 Å². The third kappa shape index (κ3) is 2.79. The maximum atomic E-state index is 11.6. The van der Waals surface area contributed by atoms with Gasteiger partial charge in [0, 0.05) is 12.4 Å². The summed E-state index contributed by atoms with van der Waals surface area (Å²) in [4.78, 5) is 15.8. The molecule has 0 aliphatic rings. The Labute approximate surface area is 112 Å². The summed E-state index contributed by atoms with van der Waals surface area (Å²) in [6.45, 7) is 5.41. The lowest BCUT2D eigenvalue weighted by atomic mass is 10.2. The first-order valence-corrected chi connectivity index (χ1v) is 6.14. The molecule has 0 fully saturated rings. The van der Waals surface area contributed by atoms with Crippen LogP contribution < -0.4 is 5.32 Å². The van der Waals surface area contributed by atoms with Gasteiger partial charge in [-0.2, -0.15) is 5.10 Å². The van der Waals surface area contributed by atoms with Crippen LogP contribution in [0.25, 0.3) is 5.65 Å². The predicted octanol–water partition coefficient (Wildman–Crippen LogP) is 2.84. The fraction of sp³-hybridized carbons (Fsp3) is 0.364. The van der Waals surface area contributed by atoms with Crippen molar-refractivity contribution in [1.29, 1.82) is 0 Å². The number of amides is 1. The molecule has 0 aliphatic heterocycles. The minimum atomic E-state index is -0.540. The van der Waals surface area contributed by atoms with Crippen LogP contribution in [0.1, 0.15) is 20.8 Å². The van der Waals surface area contributed by atoms with Crippen LogP contribution in [0.3, 0.4) is 0 Å². The summed E-state index contributed by atoms with van der Waals surface area (Å²) in [5.41, 5.74) is 0.605. The van der Waals surface area contributed by atoms with Gasteiger partial charge in [-0.05, 0) is 36.7 Å². The summed E-state index contributed by atoms with van der Waals surface area (Å²) in [6.07, 6.45) is 4.35. The van der Waals surface area contributed by atoms with E-state index in [0.29, 0.717) is 15.8 Å². The van der Waals surface area contributed by atoms with Gasteiger partial charge in [-0.25, -0.2) is 14.3 Å². The van der Waals surface area contributed by atoms with Crippen LogP contribution in [-0.4, -0.2) is 26.3 Å². The van der Waals surface area contributed by atoms with Crippen LogP contribution in [-0.2, 0) is 4.74 Å². The van der Waals surface area contributed by atoms with Gasteiger partial charge in [0.1, 0.15) is 5.60 Å². The van der Waals surface area contributed by atoms with E-state index in [2.05, 4.69) is 31.3 Å². The van der Waals surface area contributed by atoms with Crippen molar-refractivity contribution in [2.45, 2.75) is 26.4 Å². The maximum Gasteiger partial charge on any atom is 0.412 e. The zero-order chi connectivity index (χ0) is 13.3. The second-order valence-corrected chi connectivity index (χ2v) is 5.49. The van der Waals surface area contributed by atoms with Crippen molar-refractivity contribution in [2.75, 3.05) is 5.32 Å². The van der Waals surface area contributed by atoms with E-state index in [1.54, 1.807) is 37.7 Å². The quantitative estimate of drug-likeness (QED) is 0.879. The van der Waals surface area contributed by atoms with Crippen LogP contribution in [0.4, 0.5) is 10.5 Å². The van der Waals surface area contributed by atoms with E-state index in [1.807, 2.05) is 0 Å². The molecule has 96 valence electrons. The van der Waals surface area contributed by atoms with Gasteiger partial charge in [0.15, 0.2) is 5.65 Å². The molecule has 1 N–H and O–H groups in total. The molecule has 2 rings (SSSR count). The molecular formula is C11H13BrN4O2. The van der Waals surface area contributed by atoms with E-state index in [9.17, 15) is 4.79 Å². The van der Waals surface area contributed by atoms with Crippen molar-refractivity contribution in [3.05, 3.63) is 23.1 Å².